The summed E-state index contributed by atoms with van der Waals surface area (Å²) in [4.78, 5) is 21.2. The molecule has 2 aromatic heterocycles. The molecule has 5 heteroatoms. The van der Waals surface area contributed by atoms with Crippen LogP contribution in [0.25, 0.3) is 10.7 Å². The van der Waals surface area contributed by atoms with E-state index in [2.05, 4.69) is 53.4 Å². The first kappa shape index (κ1) is 19.2. The van der Waals surface area contributed by atoms with Crippen molar-refractivity contribution in [3.63, 3.8) is 0 Å². The standard InChI is InChI=1S/C22H25N3OS/c1-15(2)12-17-7-9-18(10-8-17)16(3)24-21(26)13-19-14-27-22(25-19)20-6-4-5-11-23-20/h4-11,14-16H,12-13H2,1-3H3,(H,24,26). The third-order valence-electron chi connectivity index (χ3n) is 4.28. The maximum Gasteiger partial charge on any atom is 0.226 e. The fourth-order valence-corrected chi connectivity index (χ4v) is 3.74. The van der Waals surface area contributed by atoms with E-state index in [0.29, 0.717) is 5.92 Å². The quantitative estimate of drug-likeness (QED) is 0.640. The van der Waals surface area contributed by atoms with E-state index in [4.69, 9.17) is 0 Å². The van der Waals surface area contributed by atoms with Gasteiger partial charge in [-0.05, 0) is 42.5 Å². The van der Waals surface area contributed by atoms with Crippen LogP contribution in [0.2, 0.25) is 0 Å². The first-order valence-corrected chi connectivity index (χ1v) is 10.1. The summed E-state index contributed by atoms with van der Waals surface area (Å²) < 4.78 is 0. The highest BCUT2D eigenvalue weighted by Gasteiger charge is 2.13. The van der Waals surface area contributed by atoms with Crippen LogP contribution in [0, 0.1) is 5.92 Å². The van der Waals surface area contributed by atoms with E-state index < -0.39 is 0 Å². The molecule has 1 unspecified atom stereocenters. The highest BCUT2D eigenvalue weighted by atomic mass is 32.1. The summed E-state index contributed by atoms with van der Waals surface area (Å²) in [6.07, 6.45) is 3.10. The molecule has 0 aliphatic carbocycles. The van der Waals surface area contributed by atoms with E-state index >= 15 is 0 Å². The summed E-state index contributed by atoms with van der Waals surface area (Å²) in [5.74, 6) is 0.619. The van der Waals surface area contributed by atoms with E-state index in [1.807, 2.05) is 30.5 Å². The van der Waals surface area contributed by atoms with Crippen molar-refractivity contribution in [3.05, 3.63) is 70.9 Å². The Kier molecular flexibility index (Phi) is 6.35. The van der Waals surface area contributed by atoms with Gasteiger partial charge in [0.25, 0.3) is 0 Å². The Bertz CT molecular complexity index is 872. The van der Waals surface area contributed by atoms with Gasteiger partial charge in [-0.1, -0.05) is 44.2 Å². The molecule has 0 spiro atoms. The molecular formula is C22H25N3OS. The minimum atomic E-state index is -0.0282. The largest absolute Gasteiger partial charge is 0.349 e. The molecular weight excluding hydrogens is 354 g/mol. The maximum absolute atomic E-state index is 12.4. The van der Waals surface area contributed by atoms with Gasteiger partial charge >= 0.3 is 0 Å². The van der Waals surface area contributed by atoms with Crippen LogP contribution in [-0.2, 0) is 17.6 Å². The molecule has 3 aromatic rings. The Balaban J connectivity index is 1.56. The van der Waals surface area contributed by atoms with Gasteiger partial charge in [0.15, 0.2) is 0 Å². The number of carbonyl (C=O) groups is 1. The number of rotatable bonds is 7. The Hall–Kier alpha value is -2.53. The van der Waals surface area contributed by atoms with Crippen molar-refractivity contribution in [1.29, 1.82) is 0 Å². The molecule has 0 radical (unpaired) electrons. The average molecular weight is 380 g/mol. The number of amides is 1. The molecule has 0 bridgehead atoms. The minimum absolute atomic E-state index is 0.0216. The van der Waals surface area contributed by atoms with Gasteiger partial charge in [-0.15, -0.1) is 11.3 Å². The lowest BCUT2D eigenvalue weighted by molar-refractivity contribution is -0.121. The van der Waals surface area contributed by atoms with E-state index in [-0.39, 0.29) is 18.4 Å². The summed E-state index contributed by atoms with van der Waals surface area (Å²) >= 11 is 1.51. The highest BCUT2D eigenvalue weighted by Crippen LogP contribution is 2.22. The third kappa shape index (κ3) is 5.47. The Morgan fingerprint density at radius 2 is 1.89 bits per heavy atom. The summed E-state index contributed by atoms with van der Waals surface area (Å²) in [5.41, 5.74) is 4.06. The lowest BCUT2D eigenvalue weighted by Crippen LogP contribution is -2.28. The molecule has 1 aromatic carbocycles. The average Bonchev–Trinajstić information content (AvgIpc) is 3.11. The summed E-state index contributed by atoms with van der Waals surface area (Å²) in [6.45, 7) is 6.44. The van der Waals surface area contributed by atoms with Gasteiger partial charge < -0.3 is 5.32 Å². The zero-order valence-corrected chi connectivity index (χ0v) is 16.8. The molecule has 1 atom stereocenters. The number of carbonyl (C=O) groups excluding carboxylic acids is 1. The first-order valence-electron chi connectivity index (χ1n) is 9.25. The second-order valence-electron chi connectivity index (χ2n) is 7.16. The van der Waals surface area contributed by atoms with Gasteiger partial charge in [-0.3, -0.25) is 9.78 Å². The minimum Gasteiger partial charge on any atom is -0.349 e. The number of hydrogen-bond donors (Lipinski definition) is 1. The van der Waals surface area contributed by atoms with Crippen LogP contribution in [0.5, 0.6) is 0 Å². The number of pyridine rings is 1. The van der Waals surface area contributed by atoms with Crippen molar-refractivity contribution in [1.82, 2.24) is 15.3 Å². The number of benzene rings is 1. The molecule has 3 rings (SSSR count). The topological polar surface area (TPSA) is 54.9 Å². The summed E-state index contributed by atoms with van der Waals surface area (Å²) in [7, 11) is 0. The summed E-state index contributed by atoms with van der Waals surface area (Å²) in [6, 6.07) is 14.2. The third-order valence-corrected chi connectivity index (χ3v) is 5.19. The zero-order chi connectivity index (χ0) is 19.2. The van der Waals surface area contributed by atoms with Crippen LogP contribution in [0.3, 0.4) is 0 Å². The molecule has 2 heterocycles. The van der Waals surface area contributed by atoms with Gasteiger partial charge in [0.05, 0.1) is 23.9 Å². The van der Waals surface area contributed by atoms with Crippen LogP contribution < -0.4 is 5.32 Å². The van der Waals surface area contributed by atoms with Gasteiger partial charge in [0.2, 0.25) is 5.91 Å². The lowest BCUT2D eigenvalue weighted by atomic mass is 10.00. The SMILES string of the molecule is CC(C)Cc1ccc(C(C)NC(=O)Cc2csc(-c3ccccn3)n2)cc1. The smallest absolute Gasteiger partial charge is 0.226 e. The molecule has 27 heavy (non-hydrogen) atoms. The molecule has 1 amide bonds. The second-order valence-corrected chi connectivity index (χ2v) is 8.02. The Morgan fingerprint density at radius 1 is 1.11 bits per heavy atom. The molecule has 0 saturated heterocycles. The van der Waals surface area contributed by atoms with E-state index in [0.717, 1.165) is 28.4 Å². The Morgan fingerprint density at radius 3 is 2.56 bits per heavy atom. The van der Waals surface area contributed by atoms with Crippen molar-refractivity contribution in [2.45, 2.75) is 39.7 Å². The molecule has 140 valence electrons. The molecule has 0 aliphatic rings. The monoisotopic (exact) mass is 379 g/mol. The molecule has 4 nitrogen and oxygen atoms in total. The number of aromatic nitrogens is 2. The fraction of sp³-hybridized carbons (Fsp3) is 0.318. The van der Waals surface area contributed by atoms with Crippen LogP contribution in [0.1, 0.15) is 43.6 Å². The highest BCUT2D eigenvalue weighted by molar-refractivity contribution is 7.13. The lowest BCUT2D eigenvalue weighted by Gasteiger charge is -2.15. The maximum atomic E-state index is 12.4. The fourth-order valence-electron chi connectivity index (χ4n) is 2.95. The van der Waals surface area contributed by atoms with Crippen molar-refractivity contribution in [3.8, 4) is 10.7 Å². The molecule has 0 saturated carbocycles. The van der Waals surface area contributed by atoms with Gasteiger partial charge in [0.1, 0.15) is 5.01 Å². The summed E-state index contributed by atoms with van der Waals surface area (Å²) in [5, 5.41) is 5.83. The normalized spacial score (nSPS) is 12.1. The van der Waals surface area contributed by atoms with Crippen LogP contribution >= 0.6 is 11.3 Å². The molecule has 0 fully saturated rings. The Labute approximate surface area is 164 Å². The molecule has 0 aliphatic heterocycles. The van der Waals surface area contributed by atoms with Gasteiger partial charge in [-0.2, -0.15) is 0 Å². The zero-order valence-electron chi connectivity index (χ0n) is 16.0. The first-order chi connectivity index (χ1) is 13.0. The van der Waals surface area contributed by atoms with Gasteiger partial charge in [-0.25, -0.2) is 4.98 Å². The number of thiazole rings is 1. The van der Waals surface area contributed by atoms with Crippen molar-refractivity contribution in [2.24, 2.45) is 5.92 Å². The van der Waals surface area contributed by atoms with E-state index in [1.165, 1.54) is 16.9 Å². The van der Waals surface area contributed by atoms with Crippen molar-refractivity contribution in [2.75, 3.05) is 0 Å². The second kappa shape index (κ2) is 8.91. The van der Waals surface area contributed by atoms with Gasteiger partial charge in [0, 0.05) is 11.6 Å². The van der Waals surface area contributed by atoms with Crippen molar-refractivity contribution < 1.29 is 4.79 Å². The predicted octanol–water partition coefficient (Wildman–Crippen LogP) is 4.82. The number of nitrogens with zero attached hydrogens (tertiary/aromatic N) is 2. The van der Waals surface area contributed by atoms with Crippen molar-refractivity contribution >= 4 is 17.2 Å². The van der Waals surface area contributed by atoms with Crippen LogP contribution in [0.4, 0.5) is 0 Å². The number of nitrogens with one attached hydrogen (secondary N) is 1. The predicted molar refractivity (Wildman–Crippen MR) is 111 cm³/mol. The van der Waals surface area contributed by atoms with E-state index in [1.54, 1.807) is 6.20 Å². The van der Waals surface area contributed by atoms with E-state index in [9.17, 15) is 4.79 Å². The number of hydrogen-bond acceptors (Lipinski definition) is 4. The molecule has 1 N–H and O–H groups in total. The van der Waals surface area contributed by atoms with Crippen LogP contribution in [-0.4, -0.2) is 15.9 Å². The van der Waals surface area contributed by atoms with Crippen LogP contribution in [0.15, 0.2) is 54.0 Å².